The molecule has 0 aliphatic heterocycles. The normalized spacial score (nSPS) is 11.8. The molecule has 0 radical (unpaired) electrons. The molecule has 1 aromatic carbocycles. The predicted molar refractivity (Wildman–Crippen MR) is 76.0 cm³/mol. The first-order chi connectivity index (χ1) is 8.93. The zero-order chi connectivity index (χ0) is 14.0. The Morgan fingerprint density at radius 1 is 1.37 bits per heavy atom. The largest absolute Gasteiger partial charge is 0.451 e. The fraction of sp³-hybridized carbons (Fsp3) is 0.400. The molecule has 2 aromatic rings. The molecule has 0 spiro atoms. The lowest BCUT2D eigenvalue weighted by Gasteiger charge is -2.28. The summed E-state index contributed by atoms with van der Waals surface area (Å²) >= 11 is 0. The van der Waals surface area contributed by atoms with Crippen molar-refractivity contribution in [2.45, 2.75) is 13.8 Å². The smallest absolute Gasteiger partial charge is 0.289 e. The maximum Gasteiger partial charge on any atom is 0.289 e. The molecule has 0 aliphatic rings. The summed E-state index contributed by atoms with van der Waals surface area (Å²) in [6.45, 7) is 5.20. The van der Waals surface area contributed by atoms with Crippen LogP contribution in [0.5, 0.6) is 0 Å². The molecule has 0 saturated carbocycles. The van der Waals surface area contributed by atoms with Gasteiger partial charge in [0.05, 0.1) is 0 Å². The quantitative estimate of drug-likeness (QED) is 0.918. The molecule has 1 heterocycles. The SMILES string of the molecule is CN(CC(C)(C)CN)C(=O)c1cc2ccccc2o1. The standard InChI is InChI=1S/C15H20N2O2/c1-15(2,9-16)10-17(3)14(18)13-8-11-6-4-5-7-12(11)19-13/h4-8H,9-10,16H2,1-3H3. The highest BCUT2D eigenvalue weighted by Gasteiger charge is 2.23. The van der Waals surface area contributed by atoms with Gasteiger partial charge in [-0.15, -0.1) is 0 Å². The van der Waals surface area contributed by atoms with E-state index in [2.05, 4.69) is 0 Å². The molecule has 4 heteroatoms. The molecular formula is C15H20N2O2. The van der Waals surface area contributed by atoms with Crippen molar-refractivity contribution in [2.75, 3.05) is 20.1 Å². The zero-order valence-electron chi connectivity index (χ0n) is 11.6. The topological polar surface area (TPSA) is 59.5 Å². The van der Waals surface area contributed by atoms with Crippen LogP contribution in [0.15, 0.2) is 34.7 Å². The van der Waals surface area contributed by atoms with Crippen molar-refractivity contribution in [2.24, 2.45) is 11.1 Å². The van der Waals surface area contributed by atoms with Gasteiger partial charge in [0.2, 0.25) is 0 Å². The molecule has 0 saturated heterocycles. The van der Waals surface area contributed by atoms with E-state index in [1.54, 1.807) is 18.0 Å². The lowest BCUT2D eigenvalue weighted by atomic mass is 9.93. The summed E-state index contributed by atoms with van der Waals surface area (Å²) in [4.78, 5) is 14.0. The van der Waals surface area contributed by atoms with Crippen LogP contribution in [0.4, 0.5) is 0 Å². The Bertz CT molecular complexity index is 554. The number of carbonyl (C=O) groups is 1. The third-order valence-corrected chi connectivity index (χ3v) is 3.20. The minimum absolute atomic E-state index is 0.101. The monoisotopic (exact) mass is 260 g/mol. The van der Waals surface area contributed by atoms with Gasteiger partial charge in [-0.2, -0.15) is 0 Å². The van der Waals surface area contributed by atoms with Gasteiger partial charge in [0.25, 0.3) is 5.91 Å². The van der Waals surface area contributed by atoms with E-state index in [1.807, 2.05) is 38.1 Å². The number of furan rings is 1. The fourth-order valence-corrected chi connectivity index (χ4v) is 2.05. The van der Waals surface area contributed by atoms with Gasteiger partial charge in [0.15, 0.2) is 5.76 Å². The zero-order valence-corrected chi connectivity index (χ0v) is 11.6. The third kappa shape index (κ3) is 2.96. The number of fused-ring (bicyclic) bond motifs is 1. The van der Waals surface area contributed by atoms with Crippen LogP contribution < -0.4 is 5.73 Å². The Labute approximate surface area is 113 Å². The number of nitrogens with two attached hydrogens (primary N) is 1. The maximum absolute atomic E-state index is 12.3. The number of hydrogen-bond acceptors (Lipinski definition) is 3. The van der Waals surface area contributed by atoms with Crippen LogP contribution in [0.25, 0.3) is 11.0 Å². The molecule has 102 valence electrons. The van der Waals surface area contributed by atoms with E-state index >= 15 is 0 Å². The molecule has 2 rings (SSSR count). The molecule has 1 amide bonds. The summed E-state index contributed by atoms with van der Waals surface area (Å²) in [7, 11) is 1.77. The van der Waals surface area contributed by atoms with E-state index in [-0.39, 0.29) is 11.3 Å². The number of amides is 1. The first-order valence-corrected chi connectivity index (χ1v) is 6.37. The first-order valence-electron chi connectivity index (χ1n) is 6.37. The molecule has 0 aliphatic carbocycles. The molecule has 0 bridgehead atoms. The van der Waals surface area contributed by atoms with Crippen molar-refractivity contribution >= 4 is 16.9 Å². The Morgan fingerprint density at radius 3 is 2.68 bits per heavy atom. The molecule has 0 fully saturated rings. The number of rotatable bonds is 4. The van der Waals surface area contributed by atoms with Crippen molar-refractivity contribution < 1.29 is 9.21 Å². The summed E-state index contributed by atoms with van der Waals surface area (Å²) < 4.78 is 5.58. The summed E-state index contributed by atoms with van der Waals surface area (Å²) in [6.07, 6.45) is 0. The van der Waals surface area contributed by atoms with Crippen LogP contribution in [0.3, 0.4) is 0 Å². The van der Waals surface area contributed by atoms with E-state index in [0.717, 1.165) is 11.0 Å². The molecule has 0 unspecified atom stereocenters. The van der Waals surface area contributed by atoms with Crippen LogP contribution in [-0.4, -0.2) is 30.9 Å². The third-order valence-electron chi connectivity index (χ3n) is 3.20. The van der Waals surface area contributed by atoms with Gasteiger partial charge < -0.3 is 15.1 Å². The van der Waals surface area contributed by atoms with Crippen molar-refractivity contribution in [1.82, 2.24) is 4.90 Å². The highest BCUT2D eigenvalue weighted by atomic mass is 16.3. The maximum atomic E-state index is 12.3. The van der Waals surface area contributed by atoms with Crippen molar-refractivity contribution in [3.05, 3.63) is 36.1 Å². The lowest BCUT2D eigenvalue weighted by Crippen LogP contribution is -2.39. The minimum atomic E-state index is -0.113. The van der Waals surface area contributed by atoms with Crippen LogP contribution >= 0.6 is 0 Å². The Kier molecular flexibility index (Phi) is 3.62. The van der Waals surface area contributed by atoms with Crippen LogP contribution in [0.1, 0.15) is 24.4 Å². The molecular weight excluding hydrogens is 240 g/mol. The number of para-hydroxylation sites is 1. The van der Waals surface area contributed by atoms with Crippen molar-refractivity contribution in [3.63, 3.8) is 0 Å². The average Bonchev–Trinajstić information content (AvgIpc) is 2.81. The number of carbonyl (C=O) groups excluding carboxylic acids is 1. The number of benzene rings is 1. The molecule has 19 heavy (non-hydrogen) atoms. The lowest BCUT2D eigenvalue weighted by molar-refractivity contribution is 0.0711. The van der Waals surface area contributed by atoms with Gasteiger partial charge >= 0.3 is 0 Å². The second-order valence-electron chi connectivity index (χ2n) is 5.68. The average molecular weight is 260 g/mol. The summed E-state index contributed by atoms with van der Waals surface area (Å²) in [5.41, 5.74) is 6.33. The van der Waals surface area contributed by atoms with Gasteiger partial charge in [-0.25, -0.2) is 0 Å². The summed E-state index contributed by atoms with van der Waals surface area (Å²) in [6, 6.07) is 9.38. The second kappa shape index (κ2) is 5.05. The highest BCUT2D eigenvalue weighted by Crippen LogP contribution is 2.21. The van der Waals surface area contributed by atoms with Gasteiger partial charge in [0, 0.05) is 19.0 Å². The minimum Gasteiger partial charge on any atom is -0.451 e. The molecule has 0 atom stereocenters. The fourth-order valence-electron chi connectivity index (χ4n) is 2.05. The molecule has 1 aromatic heterocycles. The second-order valence-corrected chi connectivity index (χ2v) is 5.68. The summed E-state index contributed by atoms with van der Waals surface area (Å²) in [5, 5.41) is 0.942. The predicted octanol–water partition coefficient (Wildman–Crippen LogP) is 2.49. The van der Waals surface area contributed by atoms with Crippen molar-refractivity contribution in [3.8, 4) is 0 Å². The molecule has 4 nitrogen and oxygen atoms in total. The van der Waals surface area contributed by atoms with E-state index in [9.17, 15) is 4.79 Å². The Balaban J connectivity index is 2.19. The van der Waals surface area contributed by atoms with Crippen molar-refractivity contribution in [1.29, 1.82) is 0 Å². The summed E-state index contributed by atoms with van der Waals surface area (Å²) in [5.74, 6) is 0.259. The van der Waals surface area contributed by atoms with Crippen LogP contribution in [0, 0.1) is 5.41 Å². The van der Waals surface area contributed by atoms with Gasteiger partial charge in [0.1, 0.15) is 5.58 Å². The van der Waals surface area contributed by atoms with Gasteiger partial charge in [-0.3, -0.25) is 4.79 Å². The van der Waals surface area contributed by atoms with E-state index in [4.69, 9.17) is 10.2 Å². The number of nitrogens with zero attached hydrogens (tertiary/aromatic N) is 1. The first kappa shape index (κ1) is 13.6. The van der Waals surface area contributed by atoms with Crippen LogP contribution in [0.2, 0.25) is 0 Å². The van der Waals surface area contributed by atoms with Gasteiger partial charge in [-0.05, 0) is 24.1 Å². The van der Waals surface area contributed by atoms with E-state index < -0.39 is 0 Å². The van der Waals surface area contributed by atoms with E-state index in [0.29, 0.717) is 18.8 Å². The number of hydrogen-bond donors (Lipinski definition) is 1. The highest BCUT2D eigenvalue weighted by molar-refractivity contribution is 5.95. The van der Waals surface area contributed by atoms with Crippen LogP contribution in [-0.2, 0) is 0 Å². The Hall–Kier alpha value is -1.81. The van der Waals surface area contributed by atoms with Gasteiger partial charge in [-0.1, -0.05) is 32.0 Å². The molecule has 2 N–H and O–H groups in total. The Morgan fingerprint density at radius 2 is 2.05 bits per heavy atom. The van der Waals surface area contributed by atoms with E-state index in [1.165, 1.54) is 0 Å².